The highest BCUT2D eigenvalue weighted by molar-refractivity contribution is 14.0. The Labute approximate surface area is 128 Å². The van der Waals surface area contributed by atoms with Gasteiger partial charge in [-0.15, -0.1) is 24.0 Å². The third kappa shape index (κ3) is 8.13. The van der Waals surface area contributed by atoms with Crippen molar-refractivity contribution >= 4 is 29.9 Å². The van der Waals surface area contributed by atoms with Crippen LogP contribution in [0.25, 0.3) is 0 Å². The van der Waals surface area contributed by atoms with Crippen molar-refractivity contribution in [2.75, 3.05) is 32.8 Å². The third-order valence-electron chi connectivity index (χ3n) is 3.08. The van der Waals surface area contributed by atoms with Crippen molar-refractivity contribution in [3.63, 3.8) is 0 Å². The van der Waals surface area contributed by atoms with Crippen molar-refractivity contribution in [1.29, 1.82) is 0 Å². The van der Waals surface area contributed by atoms with Crippen LogP contribution in [0.4, 0.5) is 0 Å². The predicted molar refractivity (Wildman–Crippen MR) is 87.7 cm³/mol. The van der Waals surface area contributed by atoms with E-state index in [-0.39, 0.29) is 24.0 Å². The lowest BCUT2D eigenvalue weighted by Gasteiger charge is -2.21. The SMILES string of the molecule is CCCCOCCN=C(N)N1CCCCCC1.I. The molecule has 0 amide bonds. The molecule has 0 unspecified atom stereocenters. The largest absolute Gasteiger partial charge is 0.380 e. The van der Waals surface area contributed by atoms with E-state index in [0.717, 1.165) is 26.1 Å². The average molecular weight is 369 g/mol. The van der Waals surface area contributed by atoms with Crippen LogP contribution in [0.3, 0.4) is 0 Å². The number of likely N-dealkylation sites (tertiary alicyclic amines) is 1. The van der Waals surface area contributed by atoms with E-state index in [9.17, 15) is 0 Å². The smallest absolute Gasteiger partial charge is 0.191 e. The Hall–Kier alpha value is -0.0400. The number of halogens is 1. The molecule has 1 aliphatic rings. The van der Waals surface area contributed by atoms with Gasteiger partial charge in [0.25, 0.3) is 0 Å². The minimum Gasteiger partial charge on any atom is -0.380 e. The Morgan fingerprint density at radius 2 is 1.83 bits per heavy atom. The molecule has 0 atom stereocenters. The number of unbranched alkanes of at least 4 members (excludes halogenated alkanes) is 1. The van der Waals surface area contributed by atoms with Gasteiger partial charge in [0, 0.05) is 19.7 Å². The molecule has 1 rings (SSSR count). The second-order valence-electron chi connectivity index (χ2n) is 4.61. The Morgan fingerprint density at radius 3 is 2.44 bits per heavy atom. The maximum Gasteiger partial charge on any atom is 0.191 e. The minimum absolute atomic E-state index is 0. The fraction of sp³-hybridized carbons (Fsp3) is 0.923. The topological polar surface area (TPSA) is 50.9 Å². The van der Waals surface area contributed by atoms with Gasteiger partial charge in [-0.1, -0.05) is 26.2 Å². The molecule has 5 heteroatoms. The number of nitrogens with zero attached hydrogens (tertiary/aromatic N) is 2. The van der Waals surface area contributed by atoms with Gasteiger partial charge < -0.3 is 15.4 Å². The molecule has 0 radical (unpaired) electrons. The molecule has 18 heavy (non-hydrogen) atoms. The number of aliphatic imine (C=N–C) groups is 1. The van der Waals surface area contributed by atoms with Gasteiger partial charge in [-0.05, 0) is 19.3 Å². The zero-order valence-electron chi connectivity index (χ0n) is 11.6. The lowest BCUT2D eigenvalue weighted by Crippen LogP contribution is -2.38. The quantitative estimate of drug-likeness (QED) is 0.339. The van der Waals surface area contributed by atoms with E-state index < -0.39 is 0 Å². The molecule has 108 valence electrons. The van der Waals surface area contributed by atoms with E-state index in [1.807, 2.05) is 0 Å². The zero-order valence-corrected chi connectivity index (χ0v) is 13.9. The highest BCUT2D eigenvalue weighted by atomic mass is 127. The average Bonchev–Trinajstić information content (AvgIpc) is 2.62. The Kier molecular flexibility index (Phi) is 12.0. The van der Waals surface area contributed by atoms with Crippen molar-refractivity contribution in [3.05, 3.63) is 0 Å². The van der Waals surface area contributed by atoms with E-state index in [2.05, 4.69) is 16.8 Å². The lowest BCUT2D eigenvalue weighted by atomic mass is 10.2. The van der Waals surface area contributed by atoms with E-state index in [1.54, 1.807) is 0 Å². The summed E-state index contributed by atoms with van der Waals surface area (Å²) < 4.78 is 5.46. The predicted octanol–water partition coefficient (Wildman–Crippen LogP) is 2.61. The minimum atomic E-state index is 0. The van der Waals surface area contributed by atoms with Gasteiger partial charge in [0.05, 0.1) is 13.2 Å². The summed E-state index contributed by atoms with van der Waals surface area (Å²) in [6.45, 7) is 6.51. The van der Waals surface area contributed by atoms with Crippen LogP contribution in [0.15, 0.2) is 4.99 Å². The van der Waals surface area contributed by atoms with Crippen LogP contribution in [0.2, 0.25) is 0 Å². The van der Waals surface area contributed by atoms with Crippen LogP contribution < -0.4 is 5.73 Å². The third-order valence-corrected chi connectivity index (χ3v) is 3.08. The molecule has 4 nitrogen and oxygen atoms in total. The van der Waals surface area contributed by atoms with E-state index in [4.69, 9.17) is 10.5 Å². The fourth-order valence-corrected chi connectivity index (χ4v) is 1.97. The number of nitrogens with two attached hydrogens (primary N) is 1. The summed E-state index contributed by atoms with van der Waals surface area (Å²) in [5.41, 5.74) is 5.98. The van der Waals surface area contributed by atoms with Gasteiger partial charge in [0.15, 0.2) is 5.96 Å². The molecule has 0 saturated carbocycles. The Balaban J connectivity index is 0.00000289. The molecular weight excluding hydrogens is 341 g/mol. The molecule has 0 aliphatic carbocycles. The zero-order chi connectivity index (χ0) is 12.3. The van der Waals surface area contributed by atoms with E-state index >= 15 is 0 Å². The molecule has 0 aromatic heterocycles. The number of ether oxygens (including phenoxy) is 1. The fourth-order valence-electron chi connectivity index (χ4n) is 1.97. The van der Waals surface area contributed by atoms with Crippen LogP contribution in [0.1, 0.15) is 45.4 Å². The lowest BCUT2D eigenvalue weighted by molar-refractivity contribution is 0.138. The van der Waals surface area contributed by atoms with Crippen molar-refractivity contribution < 1.29 is 4.74 Å². The van der Waals surface area contributed by atoms with Crippen molar-refractivity contribution in [3.8, 4) is 0 Å². The normalized spacial score (nSPS) is 17.2. The second-order valence-corrected chi connectivity index (χ2v) is 4.61. The number of rotatable bonds is 6. The van der Waals surface area contributed by atoms with Crippen molar-refractivity contribution in [2.45, 2.75) is 45.4 Å². The first-order chi connectivity index (χ1) is 8.34. The maximum atomic E-state index is 5.98. The van der Waals surface area contributed by atoms with E-state index in [0.29, 0.717) is 19.1 Å². The number of guanidine groups is 1. The van der Waals surface area contributed by atoms with Crippen LogP contribution in [0, 0.1) is 0 Å². The van der Waals surface area contributed by atoms with Gasteiger partial charge >= 0.3 is 0 Å². The standard InChI is InChI=1S/C13H27N3O.HI/c1-2-3-11-17-12-8-15-13(14)16-9-6-4-5-7-10-16;/h2-12H2,1H3,(H2,14,15);1H. The molecule has 1 saturated heterocycles. The Bertz CT molecular complexity index is 216. The van der Waals surface area contributed by atoms with Gasteiger partial charge in [-0.25, -0.2) is 0 Å². The summed E-state index contributed by atoms with van der Waals surface area (Å²) in [6.07, 6.45) is 7.44. The summed E-state index contributed by atoms with van der Waals surface area (Å²) in [6, 6.07) is 0. The van der Waals surface area contributed by atoms with Crippen LogP contribution in [-0.4, -0.2) is 43.7 Å². The van der Waals surface area contributed by atoms with Crippen LogP contribution >= 0.6 is 24.0 Å². The summed E-state index contributed by atoms with van der Waals surface area (Å²) >= 11 is 0. The highest BCUT2D eigenvalue weighted by Gasteiger charge is 2.10. The molecule has 1 aliphatic heterocycles. The van der Waals surface area contributed by atoms with Gasteiger partial charge in [-0.3, -0.25) is 4.99 Å². The summed E-state index contributed by atoms with van der Waals surface area (Å²) in [5.74, 6) is 0.700. The first-order valence-corrected chi connectivity index (χ1v) is 6.97. The molecule has 0 aromatic rings. The second kappa shape index (κ2) is 12.0. The highest BCUT2D eigenvalue weighted by Crippen LogP contribution is 2.08. The number of hydrogen-bond donors (Lipinski definition) is 1. The molecule has 1 heterocycles. The Morgan fingerprint density at radius 1 is 1.17 bits per heavy atom. The van der Waals surface area contributed by atoms with Crippen molar-refractivity contribution in [2.24, 2.45) is 10.7 Å². The first kappa shape index (κ1) is 18.0. The molecule has 1 fully saturated rings. The molecular formula is C13H28IN3O. The molecule has 0 spiro atoms. The maximum absolute atomic E-state index is 5.98. The van der Waals surface area contributed by atoms with Crippen LogP contribution in [-0.2, 0) is 4.74 Å². The van der Waals surface area contributed by atoms with Crippen LogP contribution in [0.5, 0.6) is 0 Å². The van der Waals surface area contributed by atoms with Gasteiger partial charge in [0.1, 0.15) is 0 Å². The van der Waals surface area contributed by atoms with Gasteiger partial charge in [-0.2, -0.15) is 0 Å². The summed E-state index contributed by atoms with van der Waals surface area (Å²) in [4.78, 5) is 6.59. The first-order valence-electron chi connectivity index (χ1n) is 6.97. The molecule has 2 N–H and O–H groups in total. The summed E-state index contributed by atoms with van der Waals surface area (Å²) in [7, 11) is 0. The van der Waals surface area contributed by atoms with Crippen molar-refractivity contribution in [1.82, 2.24) is 4.90 Å². The molecule has 0 aromatic carbocycles. The molecule has 0 bridgehead atoms. The summed E-state index contributed by atoms with van der Waals surface area (Å²) in [5, 5.41) is 0. The van der Waals surface area contributed by atoms with Gasteiger partial charge in [0.2, 0.25) is 0 Å². The number of hydrogen-bond acceptors (Lipinski definition) is 2. The van der Waals surface area contributed by atoms with E-state index in [1.165, 1.54) is 32.1 Å². The monoisotopic (exact) mass is 369 g/mol.